The molecular formula is C20H21F2NO3. The van der Waals surface area contributed by atoms with Gasteiger partial charge in [0, 0.05) is 18.2 Å². The molecule has 0 aromatic heterocycles. The minimum atomic E-state index is -2.91. The van der Waals surface area contributed by atoms with Crippen molar-refractivity contribution < 1.29 is 23.0 Å². The predicted octanol–water partition coefficient (Wildman–Crippen LogP) is 4.19. The van der Waals surface area contributed by atoms with Crippen LogP contribution in [-0.2, 0) is 4.79 Å². The third-order valence-corrected chi connectivity index (χ3v) is 3.43. The number of para-hydroxylation sites is 1. The van der Waals surface area contributed by atoms with Gasteiger partial charge in [-0.2, -0.15) is 8.78 Å². The zero-order valence-corrected chi connectivity index (χ0v) is 14.5. The van der Waals surface area contributed by atoms with Gasteiger partial charge in [-0.15, -0.1) is 0 Å². The molecular weight excluding hydrogens is 340 g/mol. The average Bonchev–Trinajstić information content (AvgIpc) is 2.60. The maximum Gasteiger partial charge on any atom is 0.387 e. The number of carbonyl (C=O) groups is 1. The summed E-state index contributed by atoms with van der Waals surface area (Å²) in [6.07, 6.45) is 3.38. The Morgan fingerprint density at radius 3 is 2.77 bits per heavy atom. The number of rotatable bonds is 9. The van der Waals surface area contributed by atoms with Crippen LogP contribution in [0.15, 0.2) is 54.6 Å². The second-order valence-corrected chi connectivity index (χ2v) is 5.56. The molecule has 2 aromatic carbocycles. The van der Waals surface area contributed by atoms with E-state index in [0.717, 1.165) is 11.3 Å². The van der Waals surface area contributed by atoms with Gasteiger partial charge >= 0.3 is 6.61 Å². The highest BCUT2D eigenvalue weighted by atomic mass is 19.3. The molecule has 0 saturated heterocycles. The quantitative estimate of drug-likeness (QED) is 0.538. The van der Waals surface area contributed by atoms with Crippen molar-refractivity contribution in [3.8, 4) is 11.5 Å². The molecule has 2 aromatic rings. The lowest BCUT2D eigenvalue weighted by atomic mass is 10.2. The summed E-state index contributed by atoms with van der Waals surface area (Å²) in [4.78, 5) is 11.8. The molecule has 6 heteroatoms. The van der Waals surface area contributed by atoms with E-state index in [0.29, 0.717) is 25.1 Å². The Morgan fingerprint density at radius 1 is 1.19 bits per heavy atom. The number of nitrogens with one attached hydrogen (secondary N) is 1. The molecule has 0 atom stereocenters. The van der Waals surface area contributed by atoms with Crippen molar-refractivity contribution in [3.05, 3.63) is 65.7 Å². The number of carbonyl (C=O) groups excluding carboxylic acids is 1. The highest BCUT2D eigenvalue weighted by molar-refractivity contribution is 5.92. The number of alkyl halides is 2. The SMILES string of the molecule is Cc1cccc(OCCCNC(=O)/C=C/c2ccccc2OC(F)F)c1. The average molecular weight is 361 g/mol. The lowest BCUT2D eigenvalue weighted by Crippen LogP contribution is -2.23. The van der Waals surface area contributed by atoms with Gasteiger partial charge in [0.2, 0.25) is 5.91 Å². The van der Waals surface area contributed by atoms with E-state index in [1.807, 2.05) is 31.2 Å². The number of hydrogen-bond donors (Lipinski definition) is 1. The molecule has 0 spiro atoms. The lowest BCUT2D eigenvalue weighted by molar-refractivity contribution is -0.116. The molecule has 1 N–H and O–H groups in total. The van der Waals surface area contributed by atoms with Crippen molar-refractivity contribution in [3.63, 3.8) is 0 Å². The van der Waals surface area contributed by atoms with Crippen LogP contribution in [0.1, 0.15) is 17.5 Å². The van der Waals surface area contributed by atoms with Gasteiger partial charge in [0.1, 0.15) is 11.5 Å². The summed E-state index contributed by atoms with van der Waals surface area (Å²) >= 11 is 0. The molecule has 0 unspecified atom stereocenters. The molecule has 0 bridgehead atoms. The Labute approximate surface area is 151 Å². The van der Waals surface area contributed by atoms with E-state index in [2.05, 4.69) is 10.1 Å². The largest absolute Gasteiger partial charge is 0.494 e. The summed E-state index contributed by atoms with van der Waals surface area (Å²) in [5.74, 6) is 0.511. The van der Waals surface area contributed by atoms with Crippen LogP contribution in [0.25, 0.3) is 6.08 Å². The molecule has 138 valence electrons. The summed E-state index contributed by atoms with van der Waals surface area (Å²) in [7, 11) is 0. The Morgan fingerprint density at radius 2 is 2.00 bits per heavy atom. The summed E-state index contributed by atoms with van der Waals surface area (Å²) in [6, 6.07) is 14.0. The molecule has 0 fully saturated rings. The second kappa shape index (κ2) is 10.2. The van der Waals surface area contributed by atoms with E-state index in [9.17, 15) is 13.6 Å². The summed E-state index contributed by atoms with van der Waals surface area (Å²) < 4.78 is 34.7. The second-order valence-electron chi connectivity index (χ2n) is 5.56. The number of hydrogen-bond acceptors (Lipinski definition) is 3. The van der Waals surface area contributed by atoms with Gasteiger partial charge in [0.05, 0.1) is 6.61 Å². The summed E-state index contributed by atoms with van der Waals surface area (Å²) in [5.41, 5.74) is 1.53. The van der Waals surface area contributed by atoms with Gasteiger partial charge in [0.25, 0.3) is 0 Å². The lowest BCUT2D eigenvalue weighted by Gasteiger charge is -2.08. The van der Waals surface area contributed by atoms with Crippen LogP contribution in [0.2, 0.25) is 0 Å². The molecule has 0 aliphatic rings. The molecule has 26 heavy (non-hydrogen) atoms. The maximum atomic E-state index is 12.3. The molecule has 0 saturated carbocycles. The van der Waals surface area contributed by atoms with Crippen LogP contribution < -0.4 is 14.8 Å². The first-order chi connectivity index (χ1) is 12.5. The van der Waals surface area contributed by atoms with Crippen LogP contribution in [0.4, 0.5) is 8.78 Å². The fourth-order valence-electron chi connectivity index (χ4n) is 2.22. The monoisotopic (exact) mass is 361 g/mol. The van der Waals surface area contributed by atoms with Crippen LogP contribution in [0.5, 0.6) is 11.5 Å². The highest BCUT2D eigenvalue weighted by Crippen LogP contribution is 2.21. The fourth-order valence-corrected chi connectivity index (χ4v) is 2.22. The molecule has 4 nitrogen and oxygen atoms in total. The van der Waals surface area contributed by atoms with Gasteiger partial charge in [-0.05, 0) is 43.2 Å². The molecule has 2 rings (SSSR count). The number of amides is 1. The van der Waals surface area contributed by atoms with Crippen LogP contribution in [0, 0.1) is 6.92 Å². The van der Waals surface area contributed by atoms with E-state index >= 15 is 0 Å². The Hall–Kier alpha value is -2.89. The van der Waals surface area contributed by atoms with Gasteiger partial charge in [-0.25, -0.2) is 0 Å². The number of aryl methyl sites for hydroxylation is 1. The molecule has 0 radical (unpaired) electrons. The maximum absolute atomic E-state index is 12.3. The van der Waals surface area contributed by atoms with Crippen molar-refractivity contribution in [2.24, 2.45) is 0 Å². The molecule has 1 amide bonds. The van der Waals surface area contributed by atoms with Gasteiger partial charge in [-0.1, -0.05) is 30.3 Å². The summed E-state index contributed by atoms with van der Waals surface area (Å²) in [5, 5.41) is 2.72. The topological polar surface area (TPSA) is 47.6 Å². The van der Waals surface area contributed by atoms with Crippen molar-refractivity contribution in [2.75, 3.05) is 13.2 Å². The number of ether oxygens (including phenoxy) is 2. The molecule has 0 heterocycles. The van der Waals surface area contributed by atoms with E-state index in [-0.39, 0.29) is 11.7 Å². The van der Waals surface area contributed by atoms with Crippen molar-refractivity contribution in [1.82, 2.24) is 5.32 Å². The minimum Gasteiger partial charge on any atom is -0.494 e. The van der Waals surface area contributed by atoms with E-state index in [4.69, 9.17) is 4.74 Å². The zero-order valence-electron chi connectivity index (χ0n) is 14.5. The Bertz CT molecular complexity index is 747. The first kappa shape index (κ1) is 19.4. The third-order valence-electron chi connectivity index (χ3n) is 3.43. The van der Waals surface area contributed by atoms with E-state index in [1.165, 1.54) is 18.2 Å². The number of benzene rings is 2. The summed E-state index contributed by atoms with van der Waals surface area (Å²) in [6.45, 7) is 0.0128. The molecule has 0 aliphatic heterocycles. The van der Waals surface area contributed by atoms with E-state index in [1.54, 1.807) is 18.2 Å². The van der Waals surface area contributed by atoms with Crippen molar-refractivity contribution in [2.45, 2.75) is 20.0 Å². The van der Waals surface area contributed by atoms with Crippen LogP contribution >= 0.6 is 0 Å². The first-order valence-corrected chi connectivity index (χ1v) is 8.24. The first-order valence-electron chi connectivity index (χ1n) is 8.24. The van der Waals surface area contributed by atoms with Crippen molar-refractivity contribution in [1.29, 1.82) is 0 Å². The Kier molecular flexibility index (Phi) is 7.61. The predicted molar refractivity (Wildman–Crippen MR) is 96.4 cm³/mol. The smallest absolute Gasteiger partial charge is 0.387 e. The fraction of sp³-hybridized carbons (Fsp3) is 0.250. The van der Waals surface area contributed by atoms with Gasteiger partial charge in [-0.3, -0.25) is 4.79 Å². The standard InChI is InChI=1S/C20H21F2NO3/c1-15-6-4-8-17(14-15)25-13-5-12-23-19(24)11-10-16-7-2-3-9-18(16)26-20(21)22/h2-4,6-11,14,20H,5,12-13H2,1H3,(H,23,24)/b11-10+. The zero-order chi connectivity index (χ0) is 18.8. The minimum absolute atomic E-state index is 0.0260. The van der Waals surface area contributed by atoms with Crippen molar-refractivity contribution >= 4 is 12.0 Å². The van der Waals surface area contributed by atoms with E-state index < -0.39 is 6.61 Å². The Balaban J connectivity index is 1.72. The number of halogens is 2. The highest BCUT2D eigenvalue weighted by Gasteiger charge is 2.07. The van der Waals surface area contributed by atoms with Gasteiger partial charge in [0.15, 0.2) is 0 Å². The van der Waals surface area contributed by atoms with Crippen LogP contribution in [0.3, 0.4) is 0 Å². The van der Waals surface area contributed by atoms with Gasteiger partial charge < -0.3 is 14.8 Å². The normalized spacial score (nSPS) is 10.9. The van der Waals surface area contributed by atoms with Crippen LogP contribution in [-0.4, -0.2) is 25.7 Å². The third kappa shape index (κ3) is 6.93. The molecule has 0 aliphatic carbocycles.